The molecule has 51 heavy (non-hydrogen) atoms. The Morgan fingerprint density at radius 2 is 1.80 bits per heavy atom. The standard InChI is InChI=1S/C37H42FN5O7S/c1-21-30(49-3)16-15-27-31(21)39-32(22-9-11-24(38)12-10-22)40-34(27)50-25-18-28-29(19-25)35(45)43(2)17-7-5-4-6-8-23-20-37(23,41-33(28)44)36(46)42-51(47,48)26-13-14-26/h6,8-12,15-16,23,25-26,28-29H,4-5,7,13-14,17-20H2,1-3H3,(H,41,44)(H,42,46)/b8-6-/t23-,25+,28+,29+,37+/m0/s1. The number of fused-ring (bicyclic) bond motifs is 3. The molecule has 1 aromatic heterocycles. The van der Waals surface area contributed by atoms with E-state index in [0.29, 0.717) is 47.4 Å². The zero-order valence-corrected chi connectivity index (χ0v) is 29.7. The molecule has 2 heterocycles. The quantitative estimate of drug-likeness (QED) is 0.342. The normalized spacial score (nSPS) is 27.5. The highest BCUT2D eigenvalue weighted by atomic mass is 32.2. The van der Waals surface area contributed by atoms with Crippen LogP contribution in [-0.4, -0.2) is 78.6 Å². The molecule has 14 heteroatoms. The molecule has 0 bridgehead atoms. The molecular weight excluding hydrogens is 678 g/mol. The van der Waals surface area contributed by atoms with Crippen LogP contribution in [0, 0.1) is 30.5 Å². The molecule has 3 amide bonds. The Labute approximate surface area is 296 Å². The molecule has 0 spiro atoms. The summed E-state index contributed by atoms with van der Waals surface area (Å²) in [5.41, 5.74) is 0.468. The summed E-state index contributed by atoms with van der Waals surface area (Å²) < 4.78 is 53.6. The topological polar surface area (TPSA) is 157 Å². The first-order chi connectivity index (χ1) is 24.4. The van der Waals surface area contributed by atoms with E-state index in [1.807, 2.05) is 19.1 Å². The van der Waals surface area contributed by atoms with E-state index in [1.165, 1.54) is 12.1 Å². The summed E-state index contributed by atoms with van der Waals surface area (Å²) in [5.74, 6) is -2.66. The number of aryl methyl sites for hydroxylation is 1. The van der Waals surface area contributed by atoms with E-state index < -0.39 is 56.4 Å². The van der Waals surface area contributed by atoms with Crippen LogP contribution in [0.2, 0.25) is 0 Å². The van der Waals surface area contributed by atoms with Crippen molar-refractivity contribution in [2.24, 2.45) is 17.8 Å². The molecule has 2 aromatic carbocycles. The van der Waals surface area contributed by atoms with Gasteiger partial charge in [-0.2, -0.15) is 4.98 Å². The Morgan fingerprint density at radius 1 is 1.06 bits per heavy atom. The lowest BCUT2D eigenvalue weighted by atomic mass is 9.93. The van der Waals surface area contributed by atoms with Gasteiger partial charge in [0.1, 0.15) is 23.2 Å². The molecule has 3 fully saturated rings. The fraction of sp³-hybridized carbons (Fsp3) is 0.486. The molecule has 0 radical (unpaired) electrons. The molecule has 7 rings (SSSR count). The lowest BCUT2D eigenvalue weighted by molar-refractivity contribution is -0.140. The lowest BCUT2D eigenvalue weighted by Crippen LogP contribution is -2.54. The Hall–Kier alpha value is -4.59. The van der Waals surface area contributed by atoms with E-state index in [2.05, 4.69) is 10.0 Å². The number of nitrogens with zero attached hydrogens (tertiary/aromatic N) is 3. The average molecular weight is 720 g/mol. The van der Waals surface area contributed by atoms with E-state index >= 15 is 0 Å². The van der Waals surface area contributed by atoms with Gasteiger partial charge in [0.15, 0.2) is 5.82 Å². The third-order valence-corrected chi connectivity index (χ3v) is 12.5. The molecule has 5 atom stereocenters. The number of hydrogen-bond acceptors (Lipinski definition) is 9. The zero-order chi connectivity index (χ0) is 36.1. The first-order valence-electron chi connectivity index (χ1n) is 17.5. The maximum absolute atomic E-state index is 14.2. The van der Waals surface area contributed by atoms with Crippen LogP contribution in [-0.2, 0) is 24.4 Å². The molecule has 3 aliphatic carbocycles. The van der Waals surface area contributed by atoms with Gasteiger partial charge in [0.2, 0.25) is 27.7 Å². The van der Waals surface area contributed by atoms with Crippen LogP contribution in [0.3, 0.4) is 0 Å². The number of benzene rings is 2. The molecular formula is C37H42FN5O7S. The number of carbonyl (C=O) groups excluding carboxylic acids is 3. The van der Waals surface area contributed by atoms with Gasteiger partial charge in [0.05, 0.1) is 35.1 Å². The number of rotatable bonds is 7. The second-order valence-electron chi connectivity index (χ2n) is 14.2. The number of nitrogens with one attached hydrogen (secondary N) is 2. The highest BCUT2D eigenvalue weighted by molar-refractivity contribution is 7.91. The third-order valence-electron chi connectivity index (χ3n) is 10.6. The van der Waals surface area contributed by atoms with E-state index in [4.69, 9.17) is 19.4 Å². The largest absolute Gasteiger partial charge is 0.496 e. The average Bonchev–Trinajstić information content (AvgIpc) is 4.03. The number of ether oxygens (including phenoxy) is 2. The van der Waals surface area contributed by atoms with Gasteiger partial charge in [-0.15, -0.1) is 0 Å². The number of carbonyl (C=O) groups is 3. The van der Waals surface area contributed by atoms with Crippen molar-refractivity contribution in [1.29, 1.82) is 0 Å². The molecule has 12 nitrogen and oxygen atoms in total. The number of allylic oxidation sites excluding steroid dienone is 1. The minimum Gasteiger partial charge on any atom is -0.496 e. The molecule has 4 aliphatic rings. The van der Waals surface area contributed by atoms with Gasteiger partial charge in [0.25, 0.3) is 5.91 Å². The van der Waals surface area contributed by atoms with Crippen LogP contribution in [0.4, 0.5) is 4.39 Å². The number of methoxy groups -OCH3 is 1. The lowest BCUT2D eigenvalue weighted by Gasteiger charge is -2.26. The fourth-order valence-corrected chi connectivity index (χ4v) is 8.74. The highest BCUT2D eigenvalue weighted by Crippen LogP contribution is 2.47. The summed E-state index contributed by atoms with van der Waals surface area (Å²) in [6, 6.07) is 9.39. The van der Waals surface area contributed by atoms with Crippen molar-refractivity contribution >= 4 is 38.6 Å². The summed E-state index contributed by atoms with van der Waals surface area (Å²) in [6.45, 7) is 2.39. The van der Waals surface area contributed by atoms with Crippen LogP contribution < -0.4 is 19.5 Å². The number of halogens is 1. The van der Waals surface area contributed by atoms with Crippen LogP contribution in [0.5, 0.6) is 11.6 Å². The number of sulfonamides is 1. The van der Waals surface area contributed by atoms with Crippen LogP contribution >= 0.6 is 0 Å². The molecule has 3 aromatic rings. The van der Waals surface area contributed by atoms with Crippen molar-refractivity contribution in [3.05, 3.63) is 59.9 Å². The van der Waals surface area contributed by atoms with Crippen molar-refractivity contribution in [2.45, 2.75) is 75.2 Å². The van der Waals surface area contributed by atoms with Gasteiger partial charge in [-0.3, -0.25) is 19.1 Å². The fourth-order valence-electron chi connectivity index (χ4n) is 7.37. The van der Waals surface area contributed by atoms with Gasteiger partial charge >= 0.3 is 0 Å². The zero-order valence-electron chi connectivity index (χ0n) is 28.9. The second kappa shape index (κ2) is 13.5. The van der Waals surface area contributed by atoms with E-state index in [0.717, 1.165) is 24.8 Å². The maximum Gasteiger partial charge on any atom is 0.259 e. The first-order valence-corrected chi connectivity index (χ1v) is 19.0. The van der Waals surface area contributed by atoms with Crippen LogP contribution in [0.25, 0.3) is 22.3 Å². The third kappa shape index (κ3) is 6.89. The van der Waals surface area contributed by atoms with Gasteiger partial charge in [-0.25, -0.2) is 17.8 Å². The van der Waals surface area contributed by atoms with Gasteiger partial charge < -0.3 is 19.7 Å². The van der Waals surface area contributed by atoms with Gasteiger partial charge in [-0.1, -0.05) is 12.2 Å². The summed E-state index contributed by atoms with van der Waals surface area (Å²) in [6.07, 6.45) is 7.15. The van der Waals surface area contributed by atoms with Crippen molar-refractivity contribution < 1.29 is 36.7 Å². The number of amides is 3. The SMILES string of the molecule is COc1ccc2c(O[C@@H]3C[C@H]4C(=O)N[C@]5(C(=O)NS(=O)(=O)C6CC6)C[C@@H]5/C=C\CCCCN(C)C(=O)[C@@H]4C3)nc(-c3ccc(F)cc3)nc2c1C. The summed E-state index contributed by atoms with van der Waals surface area (Å²) in [4.78, 5) is 52.9. The second-order valence-corrected chi connectivity index (χ2v) is 16.2. The Kier molecular flexibility index (Phi) is 9.23. The predicted molar refractivity (Wildman–Crippen MR) is 187 cm³/mol. The van der Waals surface area contributed by atoms with E-state index in [1.54, 1.807) is 43.3 Å². The minimum absolute atomic E-state index is 0.154. The number of hydrogen-bond donors (Lipinski definition) is 2. The smallest absolute Gasteiger partial charge is 0.259 e. The highest BCUT2D eigenvalue weighted by Gasteiger charge is 2.62. The Bertz CT molecular complexity index is 2020. The van der Waals surface area contributed by atoms with Crippen molar-refractivity contribution in [3.8, 4) is 23.0 Å². The van der Waals surface area contributed by atoms with Gasteiger partial charge in [0, 0.05) is 30.6 Å². The van der Waals surface area contributed by atoms with Crippen LogP contribution in [0.1, 0.15) is 56.9 Å². The molecule has 2 N–H and O–H groups in total. The predicted octanol–water partition coefficient (Wildman–Crippen LogP) is 4.21. The maximum atomic E-state index is 14.2. The van der Waals surface area contributed by atoms with Crippen LogP contribution in [0.15, 0.2) is 48.6 Å². The Balaban J connectivity index is 1.21. The summed E-state index contributed by atoms with van der Waals surface area (Å²) >= 11 is 0. The monoisotopic (exact) mass is 719 g/mol. The molecule has 0 saturated heterocycles. The molecule has 3 saturated carbocycles. The minimum atomic E-state index is -3.85. The van der Waals surface area contributed by atoms with Crippen molar-refractivity contribution in [1.82, 2.24) is 24.9 Å². The summed E-state index contributed by atoms with van der Waals surface area (Å²) in [5, 5.41) is 2.92. The summed E-state index contributed by atoms with van der Waals surface area (Å²) in [7, 11) is -0.556. The molecule has 270 valence electrons. The van der Waals surface area contributed by atoms with Crippen molar-refractivity contribution in [2.75, 3.05) is 20.7 Å². The number of aromatic nitrogens is 2. The van der Waals surface area contributed by atoms with E-state index in [-0.39, 0.29) is 37.0 Å². The van der Waals surface area contributed by atoms with Gasteiger partial charge in [-0.05, 0) is 94.7 Å². The van der Waals surface area contributed by atoms with Crippen molar-refractivity contribution in [3.63, 3.8) is 0 Å². The molecule has 0 unspecified atom stereocenters. The first kappa shape index (κ1) is 34.8. The molecule has 1 aliphatic heterocycles. The Morgan fingerprint density at radius 3 is 2.53 bits per heavy atom. The van der Waals surface area contributed by atoms with E-state index in [9.17, 15) is 27.2 Å².